The van der Waals surface area contributed by atoms with Gasteiger partial charge in [-0.25, -0.2) is 0 Å². The first-order chi connectivity index (χ1) is 13.4. The lowest BCUT2D eigenvalue weighted by Gasteiger charge is -2.44. The summed E-state index contributed by atoms with van der Waals surface area (Å²) in [4.78, 5) is 27.6. The predicted molar refractivity (Wildman–Crippen MR) is 104 cm³/mol. The number of fused-ring (bicyclic) bond motifs is 1. The zero-order valence-electron chi connectivity index (χ0n) is 15.9. The maximum absolute atomic E-state index is 12.9. The number of carbonyl (C=O) groups excluding carboxylic acids is 2. The van der Waals surface area contributed by atoms with Crippen molar-refractivity contribution < 1.29 is 9.59 Å². The average molecular weight is 401 g/mol. The molecular formula is C18H23N7O2S. The molecule has 4 atom stereocenters. The highest BCUT2D eigenvalue weighted by molar-refractivity contribution is 8.01. The van der Waals surface area contributed by atoms with Crippen molar-refractivity contribution in [2.75, 3.05) is 6.54 Å². The lowest BCUT2D eigenvalue weighted by Crippen LogP contribution is -2.68. The van der Waals surface area contributed by atoms with Gasteiger partial charge in [-0.05, 0) is 26.0 Å². The summed E-state index contributed by atoms with van der Waals surface area (Å²) >= 11 is 1.65. The standard InChI is InChI=1S/C18H23N7O2S/c1-4-19-11(10-8-6-5-7-9-10)15(26)20-12-16(27)25-13(14-21-23-24-22-14)18(2,3)28-17(12)25/h5-9,11-13,17,19H,4H2,1-3H3,(H,20,26)(H,21,22,23,24)/t11?,12?,13?,17-/m0/s1. The Labute approximate surface area is 167 Å². The van der Waals surface area contributed by atoms with Crippen LogP contribution in [0.15, 0.2) is 30.3 Å². The minimum absolute atomic E-state index is 0.116. The van der Waals surface area contributed by atoms with Crippen molar-refractivity contribution >= 4 is 23.6 Å². The van der Waals surface area contributed by atoms with Gasteiger partial charge in [0.05, 0.1) is 0 Å². The Hall–Kier alpha value is -2.46. The van der Waals surface area contributed by atoms with E-state index in [2.05, 4.69) is 45.1 Å². The fraction of sp³-hybridized carbons (Fsp3) is 0.500. The van der Waals surface area contributed by atoms with E-state index in [0.717, 1.165) is 5.56 Å². The average Bonchev–Trinajstić information content (AvgIpc) is 3.29. The fourth-order valence-corrected chi connectivity index (χ4v) is 5.53. The topological polar surface area (TPSA) is 116 Å². The maximum atomic E-state index is 12.9. The second kappa shape index (κ2) is 7.17. The summed E-state index contributed by atoms with van der Waals surface area (Å²) in [5.74, 6) is 0.176. The summed E-state index contributed by atoms with van der Waals surface area (Å²) in [5, 5.41) is 20.2. The van der Waals surface area contributed by atoms with Gasteiger partial charge in [0.1, 0.15) is 23.5 Å². The van der Waals surface area contributed by atoms with Crippen molar-refractivity contribution in [3.63, 3.8) is 0 Å². The molecule has 0 aliphatic carbocycles. The minimum atomic E-state index is -0.557. The van der Waals surface area contributed by atoms with E-state index in [1.807, 2.05) is 37.3 Å². The Balaban J connectivity index is 1.51. The van der Waals surface area contributed by atoms with Crippen LogP contribution >= 0.6 is 11.8 Å². The summed E-state index contributed by atoms with van der Waals surface area (Å²) in [7, 11) is 0. The number of aromatic nitrogens is 4. The molecular weight excluding hydrogens is 378 g/mol. The number of amides is 2. The third kappa shape index (κ3) is 3.06. The van der Waals surface area contributed by atoms with Crippen LogP contribution in [0.5, 0.6) is 0 Å². The summed E-state index contributed by atoms with van der Waals surface area (Å²) < 4.78 is -0.288. The van der Waals surface area contributed by atoms with Gasteiger partial charge in [0.25, 0.3) is 0 Å². The molecule has 4 rings (SSSR count). The Morgan fingerprint density at radius 1 is 1.36 bits per heavy atom. The third-order valence-corrected chi connectivity index (χ3v) is 6.72. The van der Waals surface area contributed by atoms with E-state index in [4.69, 9.17) is 0 Å². The molecule has 3 N–H and O–H groups in total. The zero-order chi connectivity index (χ0) is 19.9. The third-order valence-electron chi connectivity index (χ3n) is 5.15. The number of nitrogens with zero attached hydrogens (tertiary/aromatic N) is 4. The van der Waals surface area contributed by atoms with E-state index in [9.17, 15) is 9.59 Å². The van der Waals surface area contributed by atoms with Gasteiger partial charge >= 0.3 is 0 Å². The van der Waals surface area contributed by atoms with Gasteiger partial charge in [0.2, 0.25) is 11.8 Å². The van der Waals surface area contributed by atoms with Crippen LogP contribution in [0.2, 0.25) is 0 Å². The number of benzene rings is 1. The van der Waals surface area contributed by atoms with E-state index in [1.165, 1.54) is 0 Å². The number of H-pyrrole nitrogens is 1. The smallest absolute Gasteiger partial charge is 0.249 e. The number of hydrogen-bond donors (Lipinski definition) is 3. The van der Waals surface area contributed by atoms with Gasteiger partial charge in [-0.1, -0.05) is 42.5 Å². The Morgan fingerprint density at radius 2 is 2.11 bits per heavy atom. The number of β-lactam (4-membered cyclic amide) rings is 1. The highest BCUT2D eigenvalue weighted by Crippen LogP contribution is 2.56. The van der Waals surface area contributed by atoms with Crippen molar-refractivity contribution in [1.29, 1.82) is 0 Å². The molecule has 10 heteroatoms. The van der Waals surface area contributed by atoms with Gasteiger partial charge in [0.15, 0.2) is 5.82 Å². The van der Waals surface area contributed by atoms with Crippen molar-refractivity contribution in [3.05, 3.63) is 41.7 Å². The number of carbonyl (C=O) groups is 2. The number of tetrazole rings is 1. The number of nitrogens with one attached hydrogen (secondary N) is 3. The second-order valence-electron chi connectivity index (χ2n) is 7.42. The molecule has 2 aliphatic rings. The van der Waals surface area contributed by atoms with Crippen LogP contribution in [0.4, 0.5) is 0 Å². The molecule has 2 aromatic rings. The van der Waals surface area contributed by atoms with Gasteiger partial charge in [0, 0.05) is 4.75 Å². The van der Waals surface area contributed by atoms with Crippen LogP contribution in [0.25, 0.3) is 0 Å². The Kier molecular flexibility index (Phi) is 4.84. The molecule has 2 fully saturated rings. The number of likely N-dealkylation sites (N-methyl/N-ethyl adjacent to an activating group) is 1. The van der Waals surface area contributed by atoms with Gasteiger partial charge in [-0.3, -0.25) is 9.59 Å². The molecule has 0 radical (unpaired) electrons. The lowest BCUT2D eigenvalue weighted by atomic mass is 9.95. The van der Waals surface area contributed by atoms with Crippen molar-refractivity contribution in [2.24, 2.45) is 0 Å². The van der Waals surface area contributed by atoms with Crippen LogP contribution in [-0.2, 0) is 9.59 Å². The number of rotatable bonds is 6. The first-order valence-corrected chi connectivity index (χ1v) is 10.1. The van der Waals surface area contributed by atoms with E-state index in [-0.39, 0.29) is 28.0 Å². The SMILES string of the molecule is CCNC(C(=O)NC1C(=O)N2C(c3nn[nH]n3)C(C)(C)S[C@@H]12)c1ccccc1. The van der Waals surface area contributed by atoms with Crippen LogP contribution in [0, 0.1) is 0 Å². The van der Waals surface area contributed by atoms with Crippen molar-refractivity contribution in [3.8, 4) is 0 Å². The minimum Gasteiger partial charge on any atom is -0.340 e. The van der Waals surface area contributed by atoms with E-state index < -0.39 is 12.1 Å². The molecule has 28 heavy (non-hydrogen) atoms. The molecule has 9 nitrogen and oxygen atoms in total. The van der Waals surface area contributed by atoms with E-state index in [0.29, 0.717) is 12.4 Å². The van der Waals surface area contributed by atoms with E-state index >= 15 is 0 Å². The molecule has 2 saturated heterocycles. The number of thioether (sulfide) groups is 1. The molecule has 1 aromatic carbocycles. The Bertz CT molecular complexity index is 858. The van der Waals surface area contributed by atoms with Gasteiger partial charge in [-0.15, -0.1) is 22.0 Å². The monoisotopic (exact) mass is 401 g/mol. The van der Waals surface area contributed by atoms with Gasteiger partial charge < -0.3 is 15.5 Å². The second-order valence-corrected chi connectivity index (χ2v) is 9.19. The van der Waals surface area contributed by atoms with Crippen molar-refractivity contribution in [2.45, 2.75) is 49.0 Å². The highest BCUT2D eigenvalue weighted by Gasteiger charge is 2.63. The lowest BCUT2D eigenvalue weighted by molar-refractivity contribution is -0.152. The van der Waals surface area contributed by atoms with Crippen LogP contribution in [0.3, 0.4) is 0 Å². The van der Waals surface area contributed by atoms with Crippen LogP contribution in [-0.4, -0.2) is 60.0 Å². The molecule has 0 saturated carbocycles. The predicted octanol–water partition coefficient (Wildman–Crippen LogP) is 0.770. The first-order valence-electron chi connectivity index (χ1n) is 9.26. The van der Waals surface area contributed by atoms with Crippen LogP contribution < -0.4 is 10.6 Å². The summed E-state index contributed by atoms with van der Waals surface area (Å²) in [6.07, 6.45) is 0. The summed E-state index contributed by atoms with van der Waals surface area (Å²) in [6, 6.07) is 8.18. The molecule has 0 bridgehead atoms. The van der Waals surface area contributed by atoms with E-state index in [1.54, 1.807) is 16.7 Å². The molecule has 148 valence electrons. The molecule has 1 aromatic heterocycles. The highest BCUT2D eigenvalue weighted by atomic mass is 32.2. The Morgan fingerprint density at radius 3 is 2.75 bits per heavy atom. The number of aromatic amines is 1. The molecule has 2 amide bonds. The maximum Gasteiger partial charge on any atom is 0.249 e. The quantitative estimate of drug-likeness (QED) is 0.612. The summed E-state index contributed by atoms with van der Waals surface area (Å²) in [6.45, 7) is 6.69. The van der Waals surface area contributed by atoms with Gasteiger partial charge in [-0.2, -0.15) is 5.21 Å². The van der Waals surface area contributed by atoms with Crippen molar-refractivity contribution in [1.82, 2.24) is 36.2 Å². The van der Waals surface area contributed by atoms with Crippen LogP contribution in [0.1, 0.15) is 44.2 Å². The number of hydrogen-bond acceptors (Lipinski definition) is 7. The normalized spacial score (nSPS) is 26.5. The molecule has 3 heterocycles. The zero-order valence-corrected chi connectivity index (χ0v) is 16.7. The molecule has 0 spiro atoms. The first kappa shape index (κ1) is 18.9. The molecule has 2 aliphatic heterocycles. The molecule has 3 unspecified atom stereocenters. The largest absolute Gasteiger partial charge is 0.340 e. The fourth-order valence-electron chi connectivity index (χ4n) is 3.90. The summed E-state index contributed by atoms with van der Waals surface area (Å²) in [5.41, 5.74) is 0.870.